The van der Waals surface area contributed by atoms with Crippen LogP contribution in [-0.4, -0.2) is 37.2 Å². The van der Waals surface area contributed by atoms with E-state index in [0.717, 1.165) is 4.90 Å². The Labute approximate surface area is 75.4 Å². The van der Waals surface area contributed by atoms with Gasteiger partial charge in [0, 0.05) is 13.6 Å². The summed E-state index contributed by atoms with van der Waals surface area (Å²) in [6.07, 6.45) is -3.63. The average Bonchev–Trinajstić information content (AvgIpc) is 2.00. The predicted octanol–water partition coefficient (Wildman–Crippen LogP) is 1.21. The van der Waals surface area contributed by atoms with Gasteiger partial charge in [0.05, 0.1) is 0 Å². The standard InChI is InChI=1S/C7H14F3N3/c1-3-4-13(6(11)12-2)5-7(8,9)10/h3-5H2,1-2H3,(H2,11,12). The van der Waals surface area contributed by atoms with Crippen LogP contribution in [0.3, 0.4) is 0 Å². The highest BCUT2D eigenvalue weighted by molar-refractivity contribution is 5.77. The van der Waals surface area contributed by atoms with Crippen LogP contribution in [0.1, 0.15) is 13.3 Å². The van der Waals surface area contributed by atoms with Crippen molar-refractivity contribution < 1.29 is 13.2 Å². The van der Waals surface area contributed by atoms with E-state index in [9.17, 15) is 13.2 Å². The number of hydrogen-bond donors (Lipinski definition) is 1. The summed E-state index contributed by atoms with van der Waals surface area (Å²) in [6.45, 7) is 1.01. The molecule has 0 amide bonds. The fourth-order valence-corrected chi connectivity index (χ4v) is 0.902. The van der Waals surface area contributed by atoms with Gasteiger partial charge < -0.3 is 10.6 Å². The minimum atomic E-state index is -4.23. The van der Waals surface area contributed by atoms with E-state index in [0.29, 0.717) is 6.42 Å². The van der Waals surface area contributed by atoms with Crippen molar-refractivity contribution in [2.75, 3.05) is 20.1 Å². The second-order valence-corrected chi connectivity index (χ2v) is 2.62. The molecule has 0 spiro atoms. The number of nitrogens with zero attached hydrogens (tertiary/aromatic N) is 2. The molecule has 0 saturated heterocycles. The van der Waals surface area contributed by atoms with Crippen molar-refractivity contribution in [1.82, 2.24) is 4.90 Å². The molecule has 0 saturated carbocycles. The molecule has 0 aliphatic carbocycles. The summed E-state index contributed by atoms with van der Waals surface area (Å²) in [6, 6.07) is 0. The summed E-state index contributed by atoms with van der Waals surface area (Å²) in [5.41, 5.74) is 5.29. The highest BCUT2D eigenvalue weighted by atomic mass is 19.4. The molecule has 0 aromatic carbocycles. The van der Waals surface area contributed by atoms with Gasteiger partial charge in [0.1, 0.15) is 6.54 Å². The molecule has 0 aliphatic heterocycles. The van der Waals surface area contributed by atoms with Gasteiger partial charge in [-0.3, -0.25) is 4.99 Å². The van der Waals surface area contributed by atoms with Gasteiger partial charge in [-0.25, -0.2) is 0 Å². The lowest BCUT2D eigenvalue weighted by molar-refractivity contribution is -0.138. The highest BCUT2D eigenvalue weighted by Gasteiger charge is 2.31. The van der Waals surface area contributed by atoms with E-state index in [1.54, 1.807) is 6.92 Å². The van der Waals surface area contributed by atoms with Gasteiger partial charge in [-0.05, 0) is 6.42 Å². The number of alkyl halides is 3. The van der Waals surface area contributed by atoms with Crippen molar-refractivity contribution in [3.63, 3.8) is 0 Å². The van der Waals surface area contributed by atoms with Gasteiger partial charge in [0.15, 0.2) is 5.96 Å². The normalized spacial score (nSPS) is 13.2. The number of aliphatic imine (C=N–C) groups is 1. The van der Waals surface area contributed by atoms with E-state index in [1.807, 2.05) is 0 Å². The van der Waals surface area contributed by atoms with Gasteiger partial charge in [0.2, 0.25) is 0 Å². The molecular weight excluding hydrogens is 183 g/mol. The maximum Gasteiger partial charge on any atom is 0.406 e. The summed E-state index contributed by atoms with van der Waals surface area (Å²) in [5, 5.41) is 0. The third-order valence-electron chi connectivity index (χ3n) is 1.42. The smallest absolute Gasteiger partial charge is 0.370 e. The Hall–Kier alpha value is -0.940. The zero-order valence-electron chi connectivity index (χ0n) is 7.73. The van der Waals surface area contributed by atoms with Crippen molar-refractivity contribution in [2.24, 2.45) is 10.7 Å². The number of rotatable bonds is 3. The first kappa shape index (κ1) is 12.1. The van der Waals surface area contributed by atoms with E-state index in [1.165, 1.54) is 7.05 Å². The molecule has 0 aromatic rings. The largest absolute Gasteiger partial charge is 0.406 e. The van der Waals surface area contributed by atoms with Gasteiger partial charge in [-0.2, -0.15) is 13.2 Å². The van der Waals surface area contributed by atoms with Gasteiger partial charge >= 0.3 is 6.18 Å². The van der Waals surface area contributed by atoms with Crippen LogP contribution in [0.2, 0.25) is 0 Å². The first-order valence-electron chi connectivity index (χ1n) is 3.94. The number of guanidine groups is 1. The molecule has 0 fully saturated rings. The fourth-order valence-electron chi connectivity index (χ4n) is 0.902. The molecule has 0 atom stereocenters. The molecule has 78 valence electrons. The summed E-state index contributed by atoms with van der Waals surface area (Å²) in [5.74, 6) is -0.0702. The maximum absolute atomic E-state index is 12.0. The van der Waals surface area contributed by atoms with Gasteiger partial charge in [0.25, 0.3) is 0 Å². The average molecular weight is 197 g/mol. The second-order valence-electron chi connectivity index (χ2n) is 2.62. The molecule has 3 nitrogen and oxygen atoms in total. The molecule has 0 bridgehead atoms. The second kappa shape index (κ2) is 4.94. The minimum absolute atomic E-state index is 0.0702. The minimum Gasteiger partial charge on any atom is -0.370 e. The molecular formula is C7H14F3N3. The van der Waals surface area contributed by atoms with E-state index in [-0.39, 0.29) is 12.5 Å². The Balaban J connectivity index is 4.26. The zero-order valence-corrected chi connectivity index (χ0v) is 7.73. The van der Waals surface area contributed by atoms with Crippen LogP contribution in [0.25, 0.3) is 0 Å². The van der Waals surface area contributed by atoms with Gasteiger partial charge in [-0.1, -0.05) is 6.92 Å². The molecule has 0 radical (unpaired) electrons. The molecule has 2 N–H and O–H groups in total. The summed E-state index contributed by atoms with van der Waals surface area (Å²) in [4.78, 5) is 4.53. The van der Waals surface area contributed by atoms with E-state index in [2.05, 4.69) is 4.99 Å². The summed E-state index contributed by atoms with van der Waals surface area (Å²) < 4.78 is 35.9. The lowest BCUT2D eigenvalue weighted by Crippen LogP contribution is -2.43. The van der Waals surface area contributed by atoms with Crippen molar-refractivity contribution in [2.45, 2.75) is 19.5 Å². The Morgan fingerprint density at radius 3 is 2.31 bits per heavy atom. The van der Waals surface area contributed by atoms with Crippen molar-refractivity contribution in [3.8, 4) is 0 Å². The molecule has 0 aliphatic rings. The molecule has 0 heterocycles. The van der Waals surface area contributed by atoms with Crippen molar-refractivity contribution in [3.05, 3.63) is 0 Å². The maximum atomic E-state index is 12.0. The number of hydrogen-bond acceptors (Lipinski definition) is 1. The van der Waals surface area contributed by atoms with Crippen molar-refractivity contribution in [1.29, 1.82) is 0 Å². The van der Waals surface area contributed by atoms with Crippen LogP contribution < -0.4 is 5.73 Å². The molecule has 0 rings (SSSR count). The molecule has 6 heteroatoms. The predicted molar refractivity (Wildman–Crippen MR) is 45.5 cm³/mol. The van der Waals surface area contributed by atoms with E-state index >= 15 is 0 Å². The quantitative estimate of drug-likeness (QED) is 0.545. The number of nitrogens with two attached hydrogens (primary N) is 1. The zero-order chi connectivity index (χ0) is 10.5. The Kier molecular flexibility index (Phi) is 4.58. The Morgan fingerprint density at radius 2 is 2.00 bits per heavy atom. The Morgan fingerprint density at radius 1 is 1.46 bits per heavy atom. The molecule has 0 unspecified atom stereocenters. The van der Waals surface area contributed by atoms with Crippen LogP contribution in [0.15, 0.2) is 4.99 Å². The molecule has 0 aromatic heterocycles. The van der Waals surface area contributed by atoms with Crippen LogP contribution in [0.5, 0.6) is 0 Å². The van der Waals surface area contributed by atoms with E-state index in [4.69, 9.17) is 5.73 Å². The third kappa shape index (κ3) is 5.32. The Bertz CT molecular complexity index is 176. The SMILES string of the molecule is CCCN(CC(F)(F)F)C(N)=NC. The summed E-state index contributed by atoms with van der Waals surface area (Å²) >= 11 is 0. The first-order chi connectivity index (χ1) is 5.90. The molecule has 13 heavy (non-hydrogen) atoms. The first-order valence-corrected chi connectivity index (χ1v) is 3.94. The van der Waals surface area contributed by atoms with Crippen LogP contribution in [0.4, 0.5) is 13.2 Å². The highest BCUT2D eigenvalue weighted by Crippen LogP contribution is 2.16. The lowest BCUT2D eigenvalue weighted by Gasteiger charge is -2.23. The van der Waals surface area contributed by atoms with Crippen LogP contribution in [-0.2, 0) is 0 Å². The number of halogens is 3. The summed E-state index contributed by atoms with van der Waals surface area (Å²) in [7, 11) is 1.37. The van der Waals surface area contributed by atoms with E-state index < -0.39 is 12.7 Å². The van der Waals surface area contributed by atoms with Crippen molar-refractivity contribution >= 4 is 5.96 Å². The van der Waals surface area contributed by atoms with Gasteiger partial charge in [-0.15, -0.1) is 0 Å². The van der Waals surface area contributed by atoms with Crippen LogP contribution in [0, 0.1) is 0 Å². The monoisotopic (exact) mass is 197 g/mol. The fraction of sp³-hybridized carbons (Fsp3) is 0.857. The third-order valence-corrected chi connectivity index (χ3v) is 1.42. The lowest BCUT2D eigenvalue weighted by atomic mass is 10.4. The topological polar surface area (TPSA) is 41.6 Å². The van der Waals surface area contributed by atoms with Crippen LogP contribution >= 0.6 is 0 Å².